The minimum absolute atomic E-state index is 0.0986. The molecule has 0 heterocycles. The summed E-state index contributed by atoms with van der Waals surface area (Å²) < 4.78 is 44.0. The highest BCUT2D eigenvalue weighted by atomic mass is 35.5. The van der Waals surface area contributed by atoms with Crippen LogP contribution in [0, 0.1) is 5.82 Å². The van der Waals surface area contributed by atoms with Crippen molar-refractivity contribution < 1.29 is 22.4 Å². The fourth-order valence-electron chi connectivity index (χ4n) is 4.76. The van der Waals surface area contributed by atoms with Gasteiger partial charge in [0.15, 0.2) is 0 Å². The van der Waals surface area contributed by atoms with Gasteiger partial charge in [0.05, 0.1) is 10.6 Å². The van der Waals surface area contributed by atoms with Gasteiger partial charge in [-0.1, -0.05) is 91.1 Å². The minimum Gasteiger partial charge on any atom is -0.354 e. The molecule has 1 atom stereocenters. The Morgan fingerprint density at radius 3 is 2.22 bits per heavy atom. The van der Waals surface area contributed by atoms with Gasteiger partial charge < -0.3 is 10.2 Å². The van der Waals surface area contributed by atoms with Gasteiger partial charge in [-0.25, -0.2) is 12.8 Å². The molecule has 0 spiro atoms. The van der Waals surface area contributed by atoms with Crippen LogP contribution < -0.4 is 9.62 Å². The van der Waals surface area contributed by atoms with Crippen LogP contribution in [-0.4, -0.2) is 44.3 Å². The van der Waals surface area contributed by atoms with E-state index in [1.807, 2.05) is 37.3 Å². The molecular formula is C34H34Cl2FN3O4S. The second kappa shape index (κ2) is 15.9. The SMILES string of the molecule is CCCCNC(=O)[C@@H](Cc1ccccc1)N(Cc1ccccc1F)C(=O)CN(c1cccc(Cl)c1)S(=O)(=O)c1ccc(Cl)cc1. The molecule has 0 aliphatic carbocycles. The molecule has 0 radical (unpaired) electrons. The average Bonchev–Trinajstić information content (AvgIpc) is 3.03. The number of anilines is 1. The van der Waals surface area contributed by atoms with E-state index in [1.165, 1.54) is 59.5 Å². The monoisotopic (exact) mass is 669 g/mol. The molecule has 11 heteroatoms. The molecule has 4 rings (SSSR count). The second-order valence-corrected chi connectivity index (χ2v) is 13.1. The van der Waals surface area contributed by atoms with Gasteiger partial charge in [-0.15, -0.1) is 0 Å². The van der Waals surface area contributed by atoms with E-state index in [2.05, 4.69) is 5.32 Å². The van der Waals surface area contributed by atoms with Crippen LogP contribution in [0.1, 0.15) is 30.9 Å². The van der Waals surface area contributed by atoms with Crippen molar-refractivity contribution in [2.75, 3.05) is 17.4 Å². The molecular weight excluding hydrogens is 636 g/mol. The third kappa shape index (κ3) is 9.06. The minimum atomic E-state index is -4.33. The zero-order chi connectivity index (χ0) is 32.4. The summed E-state index contributed by atoms with van der Waals surface area (Å²) in [6, 6.07) is 25.7. The molecule has 45 heavy (non-hydrogen) atoms. The number of hydrogen-bond donors (Lipinski definition) is 1. The third-order valence-corrected chi connectivity index (χ3v) is 9.45. The first-order valence-electron chi connectivity index (χ1n) is 14.5. The zero-order valence-corrected chi connectivity index (χ0v) is 27.0. The maximum atomic E-state index is 15.0. The topological polar surface area (TPSA) is 86.8 Å². The van der Waals surface area contributed by atoms with Crippen LogP contribution in [0.4, 0.5) is 10.1 Å². The van der Waals surface area contributed by atoms with Crippen molar-refractivity contribution in [2.24, 2.45) is 0 Å². The van der Waals surface area contributed by atoms with Crippen LogP contribution in [0.2, 0.25) is 10.0 Å². The van der Waals surface area contributed by atoms with E-state index in [-0.39, 0.29) is 34.1 Å². The van der Waals surface area contributed by atoms with Gasteiger partial charge in [0.2, 0.25) is 11.8 Å². The molecule has 0 unspecified atom stereocenters. The summed E-state index contributed by atoms with van der Waals surface area (Å²) in [6.07, 6.45) is 1.70. The van der Waals surface area contributed by atoms with Crippen LogP contribution in [0.25, 0.3) is 0 Å². The smallest absolute Gasteiger partial charge is 0.264 e. The van der Waals surface area contributed by atoms with Crippen molar-refractivity contribution >= 4 is 50.7 Å². The van der Waals surface area contributed by atoms with Gasteiger partial charge >= 0.3 is 0 Å². The highest BCUT2D eigenvalue weighted by Crippen LogP contribution is 2.28. The van der Waals surface area contributed by atoms with E-state index in [4.69, 9.17) is 23.2 Å². The first-order valence-corrected chi connectivity index (χ1v) is 16.7. The number of benzene rings is 4. The van der Waals surface area contributed by atoms with Crippen LogP contribution in [0.15, 0.2) is 108 Å². The van der Waals surface area contributed by atoms with Crippen molar-refractivity contribution in [3.8, 4) is 0 Å². The molecule has 4 aromatic carbocycles. The second-order valence-electron chi connectivity index (χ2n) is 10.4. The molecule has 1 N–H and O–H groups in total. The Kier molecular flexibility index (Phi) is 12.0. The predicted octanol–water partition coefficient (Wildman–Crippen LogP) is 6.88. The highest BCUT2D eigenvalue weighted by Gasteiger charge is 2.35. The zero-order valence-electron chi connectivity index (χ0n) is 24.7. The number of carbonyl (C=O) groups excluding carboxylic acids is 2. The van der Waals surface area contributed by atoms with Crippen LogP contribution in [-0.2, 0) is 32.6 Å². The quantitative estimate of drug-likeness (QED) is 0.148. The van der Waals surface area contributed by atoms with Gasteiger partial charge in [-0.2, -0.15) is 0 Å². The number of unbranched alkanes of at least 4 members (excludes halogenated alkanes) is 1. The molecule has 0 aromatic heterocycles. The standard InChI is InChI=1S/C34H34Cl2FN3O4S/c1-2-3-20-38-34(42)32(21-25-10-5-4-6-11-25)39(23-26-12-7-8-15-31(26)37)33(41)24-40(29-14-9-13-28(36)22-29)45(43,44)30-18-16-27(35)17-19-30/h4-19,22,32H,2-3,20-21,23-24H2,1H3,(H,38,42)/t32-/m1/s1. The Labute approximate surface area is 273 Å². The Hall–Kier alpha value is -3.92. The number of hydrogen-bond acceptors (Lipinski definition) is 4. The first-order chi connectivity index (χ1) is 21.6. The van der Waals surface area contributed by atoms with Gasteiger partial charge in [0.1, 0.15) is 18.4 Å². The number of nitrogens with zero attached hydrogens (tertiary/aromatic N) is 2. The van der Waals surface area contributed by atoms with Gasteiger partial charge in [-0.05, 0) is 60.5 Å². The third-order valence-electron chi connectivity index (χ3n) is 7.18. The Morgan fingerprint density at radius 2 is 1.56 bits per heavy atom. The van der Waals surface area contributed by atoms with Gasteiger partial charge in [0.25, 0.3) is 10.0 Å². The maximum Gasteiger partial charge on any atom is 0.264 e. The molecule has 7 nitrogen and oxygen atoms in total. The largest absolute Gasteiger partial charge is 0.354 e. The highest BCUT2D eigenvalue weighted by molar-refractivity contribution is 7.92. The van der Waals surface area contributed by atoms with Gasteiger partial charge in [0, 0.05) is 35.1 Å². The molecule has 0 bridgehead atoms. The van der Waals surface area contributed by atoms with Crippen molar-refractivity contribution in [1.29, 1.82) is 0 Å². The van der Waals surface area contributed by atoms with E-state index in [9.17, 15) is 22.4 Å². The number of nitrogens with one attached hydrogen (secondary N) is 1. The molecule has 0 saturated heterocycles. The van der Waals surface area contributed by atoms with E-state index in [1.54, 1.807) is 18.2 Å². The molecule has 0 aliphatic heterocycles. The Balaban J connectivity index is 1.80. The van der Waals surface area contributed by atoms with Crippen LogP contribution >= 0.6 is 23.2 Å². The maximum absolute atomic E-state index is 15.0. The number of halogens is 3. The molecule has 0 saturated carbocycles. The van der Waals surface area contributed by atoms with Crippen molar-refractivity contribution in [1.82, 2.24) is 10.2 Å². The summed E-state index contributed by atoms with van der Waals surface area (Å²) in [6.45, 7) is 1.43. The number of sulfonamides is 1. The Bertz CT molecular complexity index is 1710. The fourth-order valence-corrected chi connectivity index (χ4v) is 6.48. The summed E-state index contributed by atoms with van der Waals surface area (Å²) in [5, 5.41) is 3.51. The summed E-state index contributed by atoms with van der Waals surface area (Å²) >= 11 is 12.3. The van der Waals surface area contributed by atoms with Gasteiger partial charge in [-0.3, -0.25) is 13.9 Å². The summed E-state index contributed by atoms with van der Waals surface area (Å²) in [5.74, 6) is -1.69. The summed E-state index contributed by atoms with van der Waals surface area (Å²) in [7, 11) is -4.33. The number of amides is 2. The van der Waals surface area contributed by atoms with Crippen molar-refractivity contribution in [2.45, 2.75) is 43.7 Å². The summed E-state index contributed by atoms with van der Waals surface area (Å²) in [5.41, 5.74) is 1.10. The average molecular weight is 671 g/mol. The van der Waals surface area contributed by atoms with Crippen molar-refractivity contribution in [3.63, 3.8) is 0 Å². The van der Waals surface area contributed by atoms with E-state index < -0.39 is 40.2 Å². The van der Waals surface area contributed by atoms with Crippen LogP contribution in [0.3, 0.4) is 0 Å². The van der Waals surface area contributed by atoms with Crippen molar-refractivity contribution in [3.05, 3.63) is 130 Å². The first kappa shape index (κ1) is 34.0. The van der Waals surface area contributed by atoms with E-state index in [0.717, 1.165) is 22.7 Å². The number of rotatable bonds is 14. The molecule has 4 aromatic rings. The van der Waals surface area contributed by atoms with E-state index in [0.29, 0.717) is 11.6 Å². The predicted molar refractivity (Wildman–Crippen MR) is 176 cm³/mol. The lowest BCUT2D eigenvalue weighted by Gasteiger charge is -2.34. The number of carbonyl (C=O) groups is 2. The van der Waals surface area contributed by atoms with Crippen LogP contribution in [0.5, 0.6) is 0 Å². The molecule has 0 fully saturated rings. The lowest BCUT2D eigenvalue weighted by Crippen LogP contribution is -2.53. The normalized spacial score (nSPS) is 11.9. The molecule has 2 amide bonds. The van der Waals surface area contributed by atoms with E-state index >= 15 is 0 Å². The lowest BCUT2D eigenvalue weighted by molar-refractivity contribution is -0.140. The lowest BCUT2D eigenvalue weighted by atomic mass is 10.0. The molecule has 236 valence electrons. The Morgan fingerprint density at radius 1 is 0.867 bits per heavy atom. The molecule has 0 aliphatic rings. The summed E-state index contributed by atoms with van der Waals surface area (Å²) in [4.78, 5) is 29.3. The fraction of sp³-hybridized carbons (Fsp3) is 0.235.